The van der Waals surface area contributed by atoms with Crippen LogP contribution in [0.25, 0.3) is 0 Å². The molecule has 1 aromatic rings. The van der Waals surface area contributed by atoms with Crippen LogP contribution in [0.15, 0.2) is 22.8 Å². The number of hydrogen-bond acceptors (Lipinski definition) is 3. The Kier molecular flexibility index (Phi) is 5.77. The third kappa shape index (κ3) is 4.44. The minimum absolute atomic E-state index is 0.0347. The molecule has 0 fully saturated rings. The van der Waals surface area contributed by atoms with E-state index in [2.05, 4.69) is 26.2 Å². The zero-order valence-electron chi connectivity index (χ0n) is 10.4. The molecule has 1 aromatic heterocycles. The van der Waals surface area contributed by atoms with Crippen LogP contribution in [-0.4, -0.2) is 41.8 Å². The maximum absolute atomic E-state index is 12.0. The molecule has 0 aromatic carbocycles. The molecule has 0 unspecified atom stereocenters. The van der Waals surface area contributed by atoms with E-state index in [0.717, 1.165) is 6.42 Å². The first-order chi connectivity index (χ1) is 8.54. The van der Waals surface area contributed by atoms with Crippen molar-refractivity contribution in [3.05, 3.63) is 28.5 Å². The van der Waals surface area contributed by atoms with Crippen LogP contribution >= 0.6 is 15.9 Å². The van der Waals surface area contributed by atoms with E-state index < -0.39 is 0 Å². The van der Waals surface area contributed by atoms with Crippen LogP contribution in [0.4, 0.5) is 0 Å². The van der Waals surface area contributed by atoms with Crippen molar-refractivity contribution in [2.75, 3.05) is 20.1 Å². The first kappa shape index (κ1) is 14.6. The molecule has 18 heavy (non-hydrogen) atoms. The zero-order chi connectivity index (χ0) is 13.5. The molecule has 0 bridgehead atoms. The summed E-state index contributed by atoms with van der Waals surface area (Å²) in [7, 11) is 1.58. The van der Waals surface area contributed by atoms with Crippen LogP contribution in [0.1, 0.15) is 23.8 Å². The topological polar surface area (TPSA) is 62.3 Å². The fourth-order valence-corrected chi connectivity index (χ4v) is 1.67. The average Bonchev–Trinajstić information content (AvgIpc) is 2.35. The molecule has 0 aliphatic heterocycles. The molecule has 0 radical (unpaired) electrons. The third-order valence-electron chi connectivity index (χ3n) is 2.23. The highest BCUT2D eigenvalue weighted by atomic mass is 79.9. The molecular formula is C12H16BrN3O2. The van der Waals surface area contributed by atoms with E-state index in [0.29, 0.717) is 16.8 Å². The first-order valence-electron chi connectivity index (χ1n) is 5.69. The average molecular weight is 314 g/mol. The van der Waals surface area contributed by atoms with E-state index in [1.807, 2.05) is 6.92 Å². The number of halogens is 1. The molecule has 0 aliphatic carbocycles. The van der Waals surface area contributed by atoms with Crippen molar-refractivity contribution in [3.8, 4) is 0 Å². The van der Waals surface area contributed by atoms with Crippen LogP contribution in [0.3, 0.4) is 0 Å². The van der Waals surface area contributed by atoms with Gasteiger partial charge in [0.1, 0.15) is 10.3 Å². The lowest BCUT2D eigenvalue weighted by molar-refractivity contribution is -0.121. The van der Waals surface area contributed by atoms with E-state index in [-0.39, 0.29) is 18.4 Å². The van der Waals surface area contributed by atoms with Gasteiger partial charge in [-0.15, -0.1) is 0 Å². The van der Waals surface area contributed by atoms with Crippen LogP contribution in [0.2, 0.25) is 0 Å². The van der Waals surface area contributed by atoms with E-state index in [4.69, 9.17) is 0 Å². The highest BCUT2D eigenvalue weighted by Crippen LogP contribution is 2.07. The normalized spacial score (nSPS) is 9.94. The quantitative estimate of drug-likeness (QED) is 0.837. The minimum atomic E-state index is -0.275. The molecule has 98 valence electrons. The number of aromatic nitrogens is 1. The Labute approximate surface area is 115 Å². The van der Waals surface area contributed by atoms with Gasteiger partial charge in [0.15, 0.2) is 0 Å². The molecule has 0 saturated heterocycles. The number of pyridine rings is 1. The van der Waals surface area contributed by atoms with Crippen LogP contribution in [-0.2, 0) is 4.79 Å². The molecule has 0 saturated carbocycles. The molecule has 2 amide bonds. The van der Waals surface area contributed by atoms with Crippen molar-refractivity contribution in [1.82, 2.24) is 15.2 Å². The lowest BCUT2D eigenvalue weighted by Crippen LogP contribution is -2.38. The Hall–Kier alpha value is -1.43. The van der Waals surface area contributed by atoms with Gasteiger partial charge in [-0.3, -0.25) is 9.59 Å². The SMILES string of the molecule is CCCNC(=O)CN(C)C(=O)c1cccc(Br)n1. The predicted octanol–water partition coefficient (Wildman–Crippen LogP) is 1.44. The van der Waals surface area contributed by atoms with Gasteiger partial charge >= 0.3 is 0 Å². The molecular weight excluding hydrogens is 298 g/mol. The van der Waals surface area contributed by atoms with Gasteiger partial charge < -0.3 is 10.2 Å². The summed E-state index contributed by atoms with van der Waals surface area (Å²) in [5.74, 6) is -0.439. The summed E-state index contributed by atoms with van der Waals surface area (Å²) in [6.07, 6.45) is 0.872. The molecule has 0 aliphatic rings. The number of rotatable bonds is 5. The van der Waals surface area contributed by atoms with Crippen molar-refractivity contribution >= 4 is 27.7 Å². The number of amides is 2. The Morgan fingerprint density at radius 3 is 2.78 bits per heavy atom. The largest absolute Gasteiger partial charge is 0.355 e. The Balaban J connectivity index is 2.59. The van der Waals surface area contributed by atoms with Gasteiger partial charge in [-0.1, -0.05) is 13.0 Å². The molecule has 5 nitrogen and oxygen atoms in total. The van der Waals surface area contributed by atoms with Gasteiger partial charge in [-0.25, -0.2) is 4.98 Å². The fourth-order valence-electron chi connectivity index (χ4n) is 1.33. The predicted molar refractivity (Wildman–Crippen MR) is 72.2 cm³/mol. The standard InChI is InChI=1S/C12H16BrN3O2/c1-3-7-14-11(17)8-16(2)12(18)9-5-4-6-10(13)15-9/h4-6H,3,7-8H2,1-2H3,(H,14,17). The van der Waals surface area contributed by atoms with E-state index in [9.17, 15) is 9.59 Å². The Morgan fingerprint density at radius 1 is 1.44 bits per heavy atom. The van der Waals surface area contributed by atoms with Crippen molar-refractivity contribution < 1.29 is 9.59 Å². The second kappa shape index (κ2) is 7.10. The van der Waals surface area contributed by atoms with Crippen LogP contribution in [0, 0.1) is 0 Å². The summed E-state index contributed by atoms with van der Waals surface area (Å²) in [5.41, 5.74) is 0.315. The highest BCUT2D eigenvalue weighted by molar-refractivity contribution is 9.10. The Morgan fingerprint density at radius 2 is 2.17 bits per heavy atom. The monoisotopic (exact) mass is 313 g/mol. The first-order valence-corrected chi connectivity index (χ1v) is 6.48. The highest BCUT2D eigenvalue weighted by Gasteiger charge is 2.15. The molecule has 0 atom stereocenters. The van der Waals surface area contributed by atoms with Crippen molar-refractivity contribution in [2.45, 2.75) is 13.3 Å². The molecule has 6 heteroatoms. The maximum Gasteiger partial charge on any atom is 0.272 e. The lowest BCUT2D eigenvalue weighted by atomic mass is 10.3. The Bertz CT molecular complexity index is 437. The molecule has 1 rings (SSSR count). The minimum Gasteiger partial charge on any atom is -0.355 e. The van der Waals surface area contributed by atoms with E-state index in [1.165, 1.54) is 4.90 Å². The van der Waals surface area contributed by atoms with E-state index in [1.54, 1.807) is 25.2 Å². The number of hydrogen-bond donors (Lipinski definition) is 1. The number of nitrogens with zero attached hydrogens (tertiary/aromatic N) is 2. The van der Waals surface area contributed by atoms with Gasteiger partial charge in [0.05, 0.1) is 6.54 Å². The summed E-state index contributed by atoms with van der Waals surface area (Å²) in [6.45, 7) is 2.63. The number of carbonyl (C=O) groups is 2. The molecule has 0 spiro atoms. The third-order valence-corrected chi connectivity index (χ3v) is 2.68. The summed E-state index contributed by atoms with van der Waals surface area (Å²) in [4.78, 5) is 28.9. The summed E-state index contributed by atoms with van der Waals surface area (Å²) in [5, 5.41) is 2.72. The number of carbonyl (C=O) groups excluding carboxylic acids is 2. The smallest absolute Gasteiger partial charge is 0.272 e. The van der Waals surface area contributed by atoms with Crippen molar-refractivity contribution in [2.24, 2.45) is 0 Å². The van der Waals surface area contributed by atoms with Gasteiger partial charge in [-0.2, -0.15) is 0 Å². The summed E-state index contributed by atoms with van der Waals surface area (Å²) < 4.78 is 0.595. The van der Waals surface area contributed by atoms with Crippen molar-refractivity contribution in [1.29, 1.82) is 0 Å². The van der Waals surface area contributed by atoms with Crippen LogP contribution < -0.4 is 5.32 Å². The van der Waals surface area contributed by atoms with E-state index >= 15 is 0 Å². The second-order valence-electron chi connectivity index (χ2n) is 3.86. The second-order valence-corrected chi connectivity index (χ2v) is 4.67. The fraction of sp³-hybridized carbons (Fsp3) is 0.417. The van der Waals surface area contributed by atoms with Crippen molar-refractivity contribution in [3.63, 3.8) is 0 Å². The zero-order valence-corrected chi connectivity index (χ0v) is 12.0. The molecule has 1 heterocycles. The van der Waals surface area contributed by atoms with Gasteiger partial charge in [0, 0.05) is 13.6 Å². The summed E-state index contributed by atoms with van der Waals surface area (Å²) >= 11 is 3.20. The number of likely N-dealkylation sites (N-methyl/N-ethyl adjacent to an activating group) is 1. The van der Waals surface area contributed by atoms with Gasteiger partial charge in [-0.05, 0) is 34.5 Å². The maximum atomic E-state index is 12.0. The summed E-state index contributed by atoms with van der Waals surface area (Å²) in [6, 6.07) is 5.09. The van der Waals surface area contributed by atoms with Gasteiger partial charge in [0.25, 0.3) is 5.91 Å². The van der Waals surface area contributed by atoms with Gasteiger partial charge in [0.2, 0.25) is 5.91 Å². The lowest BCUT2D eigenvalue weighted by Gasteiger charge is -2.16. The number of nitrogens with one attached hydrogen (secondary N) is 1. The van der Waals surface area contributed by atoms with Crippen LogP contribution in [0.5, 0.6) is 0 Å². The molecule has 1 N–H and O–H groups in total.